The van der Waals surface area contributed by atoms with E-state index in [9.17, 15) is 0 Å². The summed E-state index contributed by atoms with van der Waals surface area (Å²) >= 11 is 11.7. The minimum absolute atomic E-state index is 0.412. The summed E-state index contributed by atoms with van der Waals surface area (Å²) in [5, 5.41) is 0.890. The standard InChI is InChI=1S/C9H9Cl2NO2/c10-6-3-5(8(12)4-7(6)11)9-13-1-2-14-9/h3-4,9H,1-2,12H2. The predicted octanol–water partition coefficient (Wildman–Crippen LogP) is 2.62. The molecular weight excluding hydrogens is 225 g/mol. The van der Waals surface area contributed by atoms with Gasteiger partial charge in [0.1, 0.15) is 0 Å². The number of anilines is 1. The van der Waals surface area contributed by atoms with Gasteiger partial charge in [-0.15, -0.1) is 0 Å². The van der Waals surface area contributed by atoms with Crippen molar-refractivity contribution in [1.29, 1.82) is 0 Å². The van der Waals surface area contributed by atoms with E-state index in [1.807, 2.05) is 0 Å². The normalized spacial score (nSPS) is 17.6. The van der Waals surface area contributed by atoms with E-state index in [2.05, 4.69) is 0 Å². The molecule has 1 aliphatic rings. The molecule has 0 bridgehead atoms. The Balaban J connectivity index is 2.37. The third-order valence-electron chi connectivity index (χ3n) is 2.00. The zero-order valence-corrected chi connectivity index (χ0v) is 8.81. The van der Waals surface area contributed by atoms with Gasteiger partial charge in [0, 0.05) is 11.3 Å². The molecule has 0 amide bonds. The molecule has 0 aliphatic carbocycles. The van der Waals surface area contributed by atoms with Gasteiger partial charge in [-0.3, -0.25) is 0 Å². The van der Waals surface area contributed by atoms with Crippen LogP contribution in [0.3, 0.4) is 0 Å². The van der Waals surface area contributed by atoms with Crippen LogP contribution in [0.25, 0.3) is 0 Å². The molecule has 76 valence electrons. The minimum atomic E-state index is -0.412. The first-order valence-electron chi connectivity index (χ1n) is 4.16. The molecule has 5 heteroatoms. The van der Waals surface area contributed by atoms with E-state index in [0.29, 0.717) is 28.9 Å². The molecule has 14 heavy (non-hydrogen) atoms. The Labute approximate surface area is 91.7 Å². The first-order chi connectivity index (χ1) is 6.68. The molecule has 1 aliphatic heterocycles. The van der Waals surface area contributed by atoms with Crippen molar-refractivity contribution in [2.75, 3.05) is 18.9 Å². The summed E-state index contributed by atoms with van der Waals surface area (Å²) in [5.74, 6) is 0. The number of nitrogen functional groups attached to an aromatic ring is 1. The number of rotatable bonds is 1. The van der Waals surface area contributed by atoms with Gasteiger partial charge in [0.2, 0.25) is 0 Å². The highest BCUT2D eigenvalue weighted by Gasteiger charge is 2.21. The summed E-state index contributed by atoms with van der Waals surface area (Å²) in [6.07, 6.45) is -0.412. The first-order valence-corrected chi connectivity index (χ1v) is 4.91. The molecule has 1 saturated heterocycles. The van der Waals surface area contributed by atoms with Crippen molar-refractivity contribution in [2.24, 2.45) is 0 Å². The van der Waals surface area contributed by atoms with Crippen LogP contribution >= 0.6 is 23.2 Å². The molecule has 0 spiro atoms. The van der Waals surface area contributed by atoms with E-state index in [4.69, 9.17) is 38.4 Å². The number of benzene rings is 1. The van der Waals surface area contributed by atoms with Crippen LogP contribution in [0.2, 0.25) is 10.0 Å². The molecule has 1 heterocycles. The molecule has 0 aromatic heterocycles. The molecule has 1 aromatic carbocycles. The Morgan fingerprint density at radius 1 is 1.14 bits per heavy atom. The quantitative estimate of drug-likeness (QED) is 0.759. The Bertz CT molecular complexity index is 351. The summed E-state index contributed by atoms with van der Waals surface area (Å²) in [6.45, 7) is 1.15. The van der Waals surface area contributed by atoms with Crippen LogP contribution in [0.4, 0.5) is 5.69 Å². The molecule has 1 fully saturated rings. The van der Waals surface area contributed by atoms with E-state index in [1.165, 1.54) is 0 Å². The van der Waals surface area contributed by atoms with E-state index in [-0.39, 0.29) is 0 Å². The lowest BCUT2D eigenvalue weighted by molar-refractivity contribution is -0.0435. The van der Waals surface area contributed by atoms with Crippen LogP contribution in [0.15, 0.2) is 12.1 Å². The highest BCUT2D eigenvalue weighted by molar-refractivity contribution is 6.42. The molecule has 1 aromatic rings. The predicted molar refractivity (Wildman–Crippen MR) is 55.5 cm³/mol. The van der Waals surface area contributed by atoms with Crippen LogP contribution in [0.5, 0.6) is 0 Å². The number of ether oxygens (including phenoxy) is 2. The van der Waals surface area contributed by atoms with Crippen LogP contribution in [-0.4, -0.2) is 13.2 Å². The maximum absolute atomic E-state index is 5.87. The van der Waals surface area contributed by atoms with E-state index >= 15 is 0 Å². The lowest BCUT2D eigenvalue weighted by Gasteiger charge is -2.12. The molecule has 0 saturated carbocycles. The van der Waals surface area contributed by atoms with Crippen molar-refractivity contribution in [3.63, 3.8) is 0 Å². The number of nitrogens with two attached hydrogens (primary N) is 1. The van der Waals surface area contributed by atoms with Crippen molar-refractivity contribution in [1.82, 2.24) is 0 Å². The van der Waals surface area contributed by atoms with Gasteiger partial charge in [-0.1, -0.05) is 23.2 Å². The summed E-state index contributed by atoms with van der Waals surface area (Å²) in [5.41, 5.74) is 7.03. The van der Waals surface area contributed by atoms with Gasteiger partial charge in [0.25, 0.3) is 0 Å². The van der Waals surface area contributed by atoms with Crippen LogP contribution in [0.1, 0.15) is 11.9 Å². The lowest BCUT2D eigenvalue weighted by atomic mass is 10.2. The number of halogens is 2. The van der Waals surface area contributed by atoms with Crippen molar-refractivity contribution in [3.8, 4) is 0 Å². The topological polar surface area (TPSA) is 44.5 Å². The average Bonchev–Trinajstić information content (AvgIpc) is 2.64. The first kappa shape index (κ1) is 10.1. The summed E-state index contributed by atoms with van der Waals surface area (Å²) in [6, 6.07) is 3.28. The lowest BCUT2D eigenvalue weighted by Crippen LogP contribution is -2.03. The largest absolute Gasteiger partial charge is 0.398 e. The fourth-order valence-corrected chi connectivity index (χ4v) is 1.66. The maximum Gasteiger partial charge on any atom is 0.186 e. The van der Waals surface area contributed by atoms with Crippen molar-refractivity contribution >= 4 is 28.9 Å². The van der Waals surface area contributed by atoms with E-state index in [1.54, 1.807) is 12.1 Å². The molecule has 2 rings (SSSR count). The highest BCUT2D eigenvalue weighted by atomic mass is 35.5. The fourth-order valence-electron chi connectivity index (χ4n) is 1.32. The summed E-state index contributed by atoms with van der Waals surface area (Å²) in [7, 11) is 0. The van der Waals surface area contributed by atoms with Crippen molar-refractivity contribution in [3.05, 3.63) is 27.7 Å². The van der Waals surface area contributed by atoms with Gasteiger partial charge in [0.15, 0.2) is 6.29 Å². The van der Waals surface area contributed by atoms with Gasteiger partial charge in [-0.2, -0.15) is 0 Å². The number of hydrogen-bond acceptors (Lipinski definition) is 3. The van der Waals surface area contributed by atoms with Gasteiger partial charge in [-0.25, -0.2) is 0 Å². The van der Waals surface area contributed by atoms with E-state index in [0.717, 1.165) is 5.56 Å². The van der Waals surface area contributed by atoms with Gasteiger partial charge in [-0.05, 0) is 12.1 Å². The Morgan fingerprint density at radius 3 is 2.36 bits per heavy atom. The smallest absolute Gasteiger partial charge is 0.186 e. The SMILES string of the molecule is Nc1cc(Cl)c(Cl)cc1C1OCCO1. The third-order valence-corrected chi connectivity index (χ3v) is 2.72. The van der Waals surface area contributed by atoms with Gasteiger partial charge in [0.05, 0.1) is 23.3 Å². The third kappa shape index (κ3) is 1.81. The second-order valence-electron chi connectivity index (χ2n) is 2.97. The zero-order valence-electron chi connectivity index (χ0n) is 7.30. The molecule has 0 unspecified atom stereocenters. The van der Waals surface area contributed by atoms with Crippen molar-refractivity contribution < 1.29 is 9.47 Å². The molecule has 0 atom stereocenters. The fraction of sp³-hybridized carbons (Fsp3) is 0.333. The highest BCUT2D eigenvalue weighted by Crippen LogP contribution is 2.34. The van der Waals surface area contributed by atoms with Crippen LogP contribution < -0.4 is 5.73 Å². The van der Waals surface area contributed by atoms with E-state index < -0.39 is 6.29 Å². The minimum Gasteiger partial charge on any atom is -0.398 e. The summed E-state index contributed by atoms with van der Waals surface area (Å²) < 4.78 is 10.6. The van der Waals surface area contributed by atoms with Crippen LogP contribution in [-0.2, 0) is 9.47 Å². The Morgan fingerprint density at radius 2 is 1.71 bits per heavy atom. The zero-order chi connectivity index (χ0) is 10.1. The Kier molecular flexibility index (Phi) is 2.83. The summed E-state index contributed by atoms with van der Waals surface area (Å²) in [4.78, 5) is 0. The molecule has 3 nitrogen and oxygen atoms in total. The maximum atomic E-state index is 5.87. The van der Waals surface area contributed by atoms with Crippen molar-refractivity contribution in [2.45, 2.75) is 6.29 Å². The van der Waals surface area contributed by atoms with Gasteiger partial charge < -0.3 is 15.2 Å². The second kappa shape index (κ2) is 3.95. The number of hydrogen-bond donors (Lipinski definition) is 1. The van der Waals surface area contributed by atoms with Gasteiger partial charge >= 0.3 is 0 Å². The molecule has 0 radical (unpaired) electrons. The monoisotopic (exact) mass is 233 g/mol. The molecule has 2 N–H and O–H groups in total. The van der Waals surface area contributed by atoms with Crippen LogP contribution in [0, 0.1) is 0 Å². The second-order valence-corrected chi connectivity index (χ2v) is 3.78. The Hall–Kier alpha value is -0.480. The average molecular weight is 234 g/mol. The molecular formula is C9H9Cl2NO2.